The lowest BCUT2D eigenvalue weighted by Gasteiger charge is -2.30. The fourth-order valence-electron chi connectivity index (χ4n) is 4.43. The highest BCUT2D eigenvalue weighted by atomic mass is 32.1. The molecule has 1 saturated heterocycles. The molecule has 188 valence electrons. The first kappa shape index (κ1) is 24.4. The van der Waals surface area contributed by atoms with Crippen molar-refractivity contribution in [2.45, 2.75) is 12.5 Å². The molecule has 36 heavy (non-hydrogen) atoms. The van der Waals surface area contributed by atoms with E-state index in [1.807, 2.05) is 17.5 Å². The number of carbonyl (C=O) groups excluding carboxylic acids is 2. The number of amides is 2. The lowest BCUT2D eigenvalue weighted by molar-refractivity contribution is -0.133. The zero-order valence-corrected chi connectivity index (χ0v) is 20.5. The molecule has 0 unspecified atom stereocenters. The quantitative estimate of drug-likeness (QED) is 0.463. The van der Waals surface area contributed by atoms with Crippen LogP contribution in [0.3, 0.4) is 0 Å². The van der Waals surface area contributed by atoms with Crippen LogP contribution in [0.2, 0.25) is 0 Å². The number of furan rings is 1. The van der Waals surface area contributed by atoms with Crippen molar-refractivity contribution >= 4 is 28.9 Å². The van der Waals surface area contributed by atoms with Gasteiger partial charge in [-0.25, -0.2) is 9.40 Å². The highest BCUT2D eigenvalue weighted by molar-refractivity contribution is 7.10. The Hall–Kier alpha value is -3.34. The van der Waals surface area contributed by atoms with Gasteiger partial charge in [0.2, 0.25) is 0 Å². The third-order valence-electron chi connectivity index (χ3n) is 6.36. The molecular weight excluding hydrogens is 483 g/mol. The minimum absolute atomic E-state index is 0.167. The van der Waals surface area contributed by atoms with Gasteiger partial charge in [-0.3, -0.25) is 14.5 Å². The van der Waals surface area contributed by atoms with Gasteiger partial charge in [-0.2, -0.15) is 5.10 Å². The molecular formula is C26H27FN4O4S. The van der Waals surface area contributed by atoms with Crippen LogP contribution in [0.1, 0.15) is 33.5 Å². The predicted octanol–water partition coefficient (Wildman–Crippen LogP) is 3.63. The number of nitrogens with zero attached hydrogens (tertiary/aromatic N) is 4. The molecule has 8 nitrogen and oxygen atoms in total. The van der Waals surface area contributed by atoms with Crippen molar-refractivity contribution < 1.29 is 23.1 Å². The standard InChI is InChI=1S/C26H27FN4O4S/c27-20-6-2-1-5-19(20)21-17-22(24-8-4-16-36-24)31(28-21)25(32)18-30(26(33)23-7-3-13-35-23)10-9-29-11-14-34-15-12-29/h1-8,13,16,22H,9-12,14-15,17-18H2/t22-/m1/s1. The van der Waals surface area contributed by atoms with E-state index in [9.17, 15) is 14.0 Å². The molecule has 2 amide bonds. The Balaban J connectivity index is 1.38. The first-order chi connectivity index (χ1) is 17.6. The summed E-state index contributed by atoms with van der Waals surface area (Å²) in [4.78, 5) is 31.5. The molecule has 1 fully saturated rings. The zero-order valence-electron chi connectivity index (χ0n) is 19.7. The molecule has 0 N–H and O–H groups in total. The highest BCUT2D eigenvalue weighted by Crippen LogP contribution is 2.35. The van der Waals surface area contributed by atoms with Crippen LogP contribution < -0.4 is 0 Å². The van der Waals surface area contributed by atoms with Crippen LogP contribution in [0.4, 0.5) is 4.39 Å². The third-order valence-corrected chi connectivity index (χ3v) is 7.33. The molecule has 1 aromatic carbocycles. The number of hydrogen-bond acceptors (Lipinski definition) is 7. The van der Waals surface area contributed by atoms with Gasteiger partial charge in [-0.05, 0) is 29.6 Å². The summed E-state index contributed by atoms with van der Waals surface area (Å²) in [6, 6.07) is 13.2. The molecule has 0 bridgehead atoms. The van der Waals surface area contributed by atoms with E-state index in [0.29, 0.717) is 44.0 Å². The summed E-state index contributed by atoms with van der Waals surface area (Å²) in [6.45, 7) is 3.65. The van der Waals surface area contributed by atoms with E-state index < -0.39 is 0 Å². The number of carbonyl (C=O) groups is 2. The molecule has 0 saturated carbocycles. The first-order valence-corrected chi connectivity index (χ1v) is 12.8. The number of hydrogen-bond donors (Lipinski definition) is 0. The minimum Gasteiger partial charge on any atom is -0.459 e. The van der Waals surface area contributed by atoms with Crippen molar-refractivity contribution in [1.82, 2.24) is 14.8 Å². The predicted molar refractivity (Wildman–Crippen MR) is 133 cm³/mol. The Kier molecular flexibility index (Phi) is 7.55. The van der Waals surface area contributed by atoms with E-state index >= 15 is 0 Å². The second-order valence-electron chi connectivity index (χ2n) is 8.66. The number of rotatable bonds is 8. The summed E-state index contributed by atoms with van der Waals surface area (Å²) in [6.07, 6.45) is 1.83. The van der Waals surface area contributed by atoms with Gasteiger partial charge < -0.3 is 14.1 Å². The van der Waals surface area contributed by atoms with Gasteiger partial charge >= 0.3 is 0 Å². The Bertz CT molecular complexity index is 1210. The van der Waals surface area contributed by atoms with Gasteiger partial charge in [-0.1, -0.05) is 24.3 Å². The molecule has 4 heterocycles. The molecule has 3 aromatic rings. The van der Waals surface area contributed by atoms with E-state index in [2.05, 4.69) is 10.0 Å². The molecule has 1 atom stereocenters. The van der Waals surface area contributed by atoms with Crippen LogP contribution in [0.25, 0.3) is 0 Å². The Morgan fingerprint density at radius 3 is 2.67 bits per heavy atom. The van der Waals surface area contributed by atoms with E-state index in [1.54, 1.807) is 30.3 Å². The van der Waals surface area contributed by atoms with Gasteiger partial charge in [0.1, 0.15) is 12.4 Å². The summed E-state index contributed by atoms with van der Waals surface area (Å²) in [5, 5.41) is 7.91. The molecule has 10 heteroatoms. The number of thiophene rings is 1. The summed E-state index contributed by atoms with van der Waals surface area (Å²) in [5.74, 6) is -0.888. The Labute approximate surface area is 212 Å². The second kappa shape index (κ2) is 11.2. The van der Waals surface area contributed by atoms with Crippen LogP contribution in [-0.4, -0.2) is 78.3 Å². The van der Waals surface area contributed by atoms with E-state index in [1.165, 1.54) is 33.6 Å². The number of benzene rings is 1. The largest absolute Gasteiger partial charge is 0.459 e. The molecule has 2 aromatic heterocycles. The van der Waals surface area contributed by atoms with Gasteiger partial charge in [-0.15, -0.1) is 11.3 Å². The zero-order chi connectivity index (χ0) is 24.9. The summed E-state index contributed by atoms with van der Waals surface area (Å²) in [7, 11) is 0. The molecule has 2 aliphatic rings. The normalized spacial score (nSPS) is 18.3. The number of hydrazone groups is 1. The van der Waals surface area contributed by atoms with Gasteiger partial charge in [0.05, 0.1) is 31.2 Å². The summed E-state index contributed by atoms with van der Waals surface area (Å²) >= 11 is 1.52. The summed E-state index contributed by atoms with van der Waals surface area (Å²) in [5.41, 5.74) is 0.891. The maximum absolute atomic E-state index is 14.5. The van der Waals surface area contributed by atoms with Crippen molar-refractivity contribution in [1.29, 1.82) is 0 Å². The van der Waals surface area contributed by atoms with Crippen LogP contribution in [0.5, 0.6) is 0 Å². The maximum Gasteiger partial charge on any atom is 0.290 e. The summed E-state index contributed by atoms with van der Waals surface area (Å²) < 4.78 is 25.3. The van der Waals surface area contributed by atoms with Crippen LogP contribution in [-0.2, 0) is 9.53 Å². The highest BCUT2D eigenvalue weighted by Gasteiger charge is 2.36. The Morgan fingerprint density at radius 1 is 1.11 bits per heavy atom. The topological polar surface area (TPSA) is 78.6 Å². The lowest BCUT2D eigenvalue weighted by Crippen LogP contribution is -2.46. The first-order valence-electron chi connectivity index (χ1n) is 11.9. The smallest absolute Gasteiger partial charge is 0.290 e. The molecule has 0 radical (unpaired) electrons. The van der Waals surface area contributed by atoms with E-state index in [-0.39, 0.29) is 36.0 Å². The minimum atomic E-state index is -0.379. The van der Waals surface area contributed by atoms with Crippen molar-refractivity contribution in [2.24, 2.45) is 5.10 Å². The van der Waals surface area contributed by atoms with Gasteiger partial charge in [0.25, 0.3) is 11.8 Å². The second-order valence-corrected chi connectivity index (χ2v) is 9.64. The van der Waals surface area contributed by atoms with Crippen LogP contribution in [0, 0.1) is 5.82 Å². The fraction of sp³-hybridized carbons (Fsp3) is 0.346. The van der Waals surface area contributed by atoms with Crippen molar-refractivity contribution in [3.63, 3.8) is 0 Å². The van der Waals surface area contributed by atoms with E-state index in [4.69, 9.17) is 9.15 Å². The van der Waals surface area contributed by atoms with Crippen molar-refractivity contribution in [3.05, 3.63) is 82.2 Å². The van der Waals surface area contributed by atoms with Crippen LogP contribution >= 0.6 is 11.3 Å². The number of halogens is 1. The molecule has 2 aliphatic heterocycles. The van der Waals surface area contributed by atoms with Gasteiger partial charge in [0, 0.05) is 43.0 Å². The third kappa shape index (κ3) is 5.40. The lowest BCUT2D eigenvalue weighted by atomic mass is 10.0. The molecule has 0 spiro atoms. The van der Waals surface area contributed by atoms with Gasteiger partial charge in [0.15, 0.2) is 5.76 Å². The maximum atomic E-state index is 14.5. The molecule has 0 aliphatic carbocycles. The molecule has 5 rings (SSSR count). The van der Waals surface area contributed by atoms with Crippen LogP contribution in [0.15, 0.2) is 69.7 Å². The van der Waals surface area contributed by atoms with E-state index in [0.717, 1.165) is 18.0 Å². The fourth-order valence-corrected chi connectivity index (χ4v) is 5.24. The average Bonchev–Trinajstić information content (AvgIpc) is 3.68. The number of morpholine rings is 1. The SMILES string of the molecule is O=C(c1ccco1)N(CCN1CCOCC1)CC(=O)N1N=C(c2ccccc2F)C[C@@H]1c1cccs1. The van der Waals surface area contributed by atoms with Crippen molar-refractivity contribution in [3.8, 4) is 0 Å². The number of ether oxygens (including phenoxy) is 1. The Morgan fingerprint density at radius 2 is 1.94 bits per heavy atom. The van der Waals surface area contributed by atoms with Crippen molar-refractivity contribution in [2.75, 3.05) is 45.9 Å². The monoisotopic (exact) mass is 510 g/mol. The average molecular weight is 511 g/mol.